The quantitative estimate of drug-likeness (QED) is 0.719. The second-order valence-corrected chi connectivity index (χ2v) is 6.46. The Morgan fingerprint density at radius 2 is 1.54 bits per heavy atom. The Balaban J connectivity index is 1.56. The first-order chi connectivity index (χ1) is 13.6. The van der Waals surface area contributed by atoms with E-state index in [-0.39, 0.29) is 5.91 Å². The normalized spacial score (nSPS) is 14.2. The Labute approximate surface area is 165 Å². The molecular formula is C22H26N2O4. The maximum Gasteiger partial charge on any atom is 0.246 e. The fourth-order valence-electron chi connectivity index (χ4n) is 3.21. The molecular weight excluding hydrogens is 356 g/mol. The van der Waals surface area contributed by atoms with Gasteiger partial charge < -0.3 is 24.0 Å². The molecule has 0 aromatic heterocycles. The van der Waals surface area contributed by atoms with Crippen LogP contribution >= 0.6 is 0 Å². The Morgan fingerprint density at radius 1 is 0.857 bits per heavy atom. The van der Waals surface area contributed by atoms with E-state index in [1.807, 2.05) is 47.4 Å². The summed E-state index contributed by atoms with van der Waals surface area (Å²) in [6.45, 7) is 3.01. The summed E-state index contributed by atoms with van der Waals surface area (Å²) in [5, 5.41) is 0. The van der Waals surface area contributed by atoms with Gasteiger partial charge in [-0.05, 0) is 48.0 Å². The predicted molar refractivity (Wildman–Crippen MR) is 110 cm³/mol. The van der Waals surface area contributed by atoms with Crippen molar-refractivity contribution in [1.29, 1.82) is 0 Å². The van der Waals surface area contributed by atoms with Gasteiger partial charge in [0.2, 0.25) is 5.91 Å². The lowest BCUT2D eigenvalue weighted by atomic mass is 10.1. The van der Waals surface area contributed by atoms with Gasteiger partial charge in [-0.15, -0.1) is 0 Å². The predicted octanol–water partition coefficient (Wildman–Crippen LogP) is 3.07. The molecule has 1 aliphatic rings. The van der Waals surface area contributed by atoms with Gasteiger partial charge >= 0.3 is 0 Å². The second kappa shape index (κ2) is 9.17. The SMILES string of the molecule is COc1ccc(N2CCN(C(=O)C=Cc3ccc(OC)c(OC)c3)CC2)cc1. The van der Waals surface area contributed by atoms with Gasteiger partial charge in [0.1, 0.15) is 5.75 Å². The van der Waals surface area contributed by atoms with Crippen LogP contribution in [0.2, 0.25) is 0 Å². The fourth-order valence-corrected chi connectivity index (χ4v) is 3.21. The second-order valence-electron chi connectivity index (χ2n) is 6.46. The van der Waals surface area contributed by atoms with Crippen LogP contribution in [-0.2, 0) is 4.79 Å². The van der Waals surface area contributed by atoms with E-state index < -0.39 is 0 Å². The van der Waals surface area contributed by atoms with E-state index in [4.69, 9.17) is 14.2 Å². The summed E-state index contributed by atoms with van der Waals surface area (Å²) < 4.78 is 15.7. The highest BCUT2D eigenvalue weighted by Crippen LogP contribution is 2.28. The molecule has 1 fully saturated rings. The summed E-state index contributed by atoms with van der Waals surface area (Å²) >= 11 is 0. The number of hydrogen-bond acceptors (Lipinski definition) is 5. The standard InChI is InChI=1S/C22H26N2O4/c1-26-19-8-6-18(7-9-19)23-12-14-24(15-13-23)22(25)11-5-17-4-10-20(27-2)21(16-17)28-3/h4-11,16H,12-15H2,1-3H3. The van der Waals surface area contributed by atoms with Crippen molar-refractivity contribution < 1.29 is 19.0 Å². The zero-order valence-corrected chi connectivity index (χ0v) is 16.6. The van der Waals surface area contributed by atoms with Crippen LogP contribution in [0, 0.1) is 0 Å². The van der Waals surface area contributed by atoms with E-state index in [0.717, 1.165) is 30.1 Å². The molecule has 28 heavy (non-hydrogen) atoms. The van der Waals surface area contributed by atoms with Gasteiger partial charge in [0.15, 0.2) is 11.5 Å². The number of methoxy groups -OCH3 is 3. The van der Waals surface area contributed by atoms with Crippen molar-refractivity contribution in [2.45, 2.75) is 0 Å². The third kappa shape index (κ3) is 4.57. The average molecular weight is 382 g/mol. The minimum Gasteiger partial charge on any atom is -0.497 e. The molecule has 1 amide bonds. The van der Waals surface area contributed by atoms with Gasteiger partial charge in [-0.1, -0.05) is 6.07 Å². The van der Waals surface area contributed by atoms with Gasteiger partial charge in [-0.3, -0.25) is 4.79 Å². The number of hydrogen-bond donors (Lipinski definition) is 0. The third-order valence-corrected chi connectivity index (χ3v) is 4.85. The molecule has 0 spiro atoms. The molecule has 1 heterocycles. The molecule has 0 unspecified atom stereocenters. The van der Waals surface area contributed by atoms with Crippen molar-refractivity contribution in [2.75, 3.05) is 52.4 Å². The van der Waals surface area contributed by atoms with Crippen molar-refractivity contribution in [3.8, 4) is 17.2 Å². The molecule has 0 atom stereocenters. The lowest BCUT2D eigenvalue weighted by Crippen LogP contribution is -2.48. The van der Waals surface area contributed by atoms with Crippen molar-refractivity contribution in [3.63, 3.8) is 0 Å². The minimum absolute atomic E-state index is 0.0177. The first kappa shape index (κ1) is 19.6. The molecule has 1 aliphatic heterocycles. The molecule has 6 heteroatoms. The van der Waals surface area contributed by atoms with Crippen LogP contribution in [0.1, 0.15) is 5.56 Å². The number of amides is 1. The van der Waals surface area contributed by atoms with Gasteiger partial charge in [-0.2, -0.15) is 0 Å². The Bertz CT molecular complexity index is 825. The molecule has 0 bridgehead atoms. The minimum atomic E-state index is 0.0177. The number of benzene rings is 2. The maximum atomic E-state index is 12.5. The smallest absolute Gasteiger partial charge is 0.246 e. The van der Waals surface area contributed by atoms with Crippen molar-refractivity contribution >= 4 is 17.7 Å². The largest absolute Gasteiger partial charge is 0.497 e. The van der Waals surface area contributed by atoms with E-state index >= 15 is 0 Å². The lowest BCUT2D eigenvalue weighted by Gasteiger charge is -2.35. The highest BCUT2D eigenvalue weighted by atomic mass is 16.5. The summed E-state index contributed by atoms with van der Waals surface area (Å²) in [6, 6.07) is 13.6. The summed E-state index contributed by atoms with van der Waals surface area (Å²) in [7, 11) is 4.86. The van der Waals surface area contributed by atoms with Gasteiger partial charge in [0.25, 0.3) is 0 Å². The zero-order valence-electron chi connectivity index (χ0n) is 16.6. The first-order valence-electron chi connectivity index (χ1n) is 9.22. The molecule has 1 saturated heterocycles. The summed E-state index contributed by atoms with van der Waals surface area (Å²) in [4.78, 5) is 16.7. The summed E-state index contributed by atoms with van der Waals surface area (Å²) in [5.41, 5.74) is 2.04. The van der Waals surface area contributed by atoms with Crippen LogP contribution in [0.4, 0.5) is 5.69 Å². The van der Waals surface area contributed by atoms with Crippen LogP contribution in [0.25, 0.3) is 6.08 Å². The van der Waals surface area contributed by atoms with Crippen molar-refractivity contribution in [2.24, 2.45) is 0 Å². The van der Waals surface area contributed by atoms with Crippen molar-refractivity contribution in [1.82, 2.24) is 4.90 Å². The van der Waals surface area contributed by atoms with Crippen LogP contribution in [-0.4, -0.2) is 58.3 Å². The Hall–Kier alpha value is -3.15. The highest BCUT2D eigenvalue weighted by molar-refractivity contribution is 5.92. The molecule has 6 nitrogen and oxygen atoms in total. The number of carbonyl (C=O) groups excluding carboxylic acids is 1. The zero-order chi connectivity index (χ0) is 19.9. The van der Waals surface area contributed by atoms with E-state index in [0.29, 0.717) is 24.6 Å². The third-order valence-electron chi connectivity index (χ3n) is 4.85. The first-order valence-corrected chi connectivity index (χ1v) is 9.22. The van der Waals surface area contributed by atoms with Crippen LogP contribution < -0.4 is 19.1 Å². The molecule has 0 saturated carbocycles. The van der Waals surface area contributed by atoms with Crippen LogP contribution in [0.3, 0.4) is 0 Å². The highest BCUT2D eigenvalue weighted by Gasteiger charge is 2.19. The average Bonchev–Trinajstić information content (AvgIpc) is 2.77. The molecule has 2 aromatic carbocycles. The monoisotopic (exact) mass is 382 g/mol. The number of rotatable bonds is 6. The van der Waals surface area contributed by atoms with E-state index in [9.17, 15) is 4.79 Å². The van der Waals surface area contributed by atoms with Crippen molar-refractivity contribution in [3.05, 3.63) is 54.1 Å². The van der Waals surface area contributed by atoms with E-state index in [2.05, 4.69) is 4.90 Å². The maximum absolute atomic E-state index is 12.5. The fraction of sp³-hybridized carbons (Fsp3) is 0.318. The van der Waals surface area contributed by atoms with Gasteiger partial charge in [0.05, 0.1) is 21.3 Å². The summed E-state index contributed by atoms with van der Waals surface area (Å²) in [6.07, 6.45) is 3.42. The summed E-state index contributed by atoms with van der Waals surface area (Å²) in [5.74, 6) is 2.17. The van der Waals surface area contributed by atoms with Gasteiger partial charge in [0, 0.05) is 37.9 Å². The number of nitrogens with zero attached hydrogens (tertiary/aromatic N) is 2. The topological polar surface area (TPSA) is 51.2 Å². The van der Waals surface area contributed by atoms with E-state index in [1.54, 1.807) is 33.5 Å². The Morgan fingerprint density at radius 3 is 2.14 bits per heavy atom. The molecule has 0 N–H and O–H groups in total. The van der Waals surface area contributed by atoms with Crippen LogP contribution in [0.5, 0.6) is 17.2 Å². The number of piperazine rings is 1. The van der Waals surface area contributed by atoms with Crippen LogP contribution in [0.15, 0.2) is 48.5 Å². The molecule has 0 aliphatic carbocycles. The molecule has 0 radical (unpaired) electrons. The van der Waals surface area contributed by atoms with E-state index in [1.165, 1.54) is 0 Å². The number of ether oxygens (including phenoxy) is 3. The molecule has 148 valence electrons. The molecule has 2 aromatic rings. The Kier molecular flexibility index (Phi) is 6.42. The van der Waals surface area contributed by atoms with Gasteiger partial charge in [-0.25, -0.2) is 0 Å². The number of anilines is 1. The molecule has 3 rings (SSSR count). The lowest BCUT2D eigenvalue weighted by molar-refractivity contribution is -0.126. The number of carbonyl (C=O) groups is 1.